The molecule has 0 aliphatic heterocycles. The molecule has 2 rings (SSSR count). The van der Waals surface area contributed by atoms with E-state index in [0.29, 0.717) is 0 Å². The molecule has 2 aromatic rings. The predicted molar refractivity (Wildman–Crippen MR) is 124 cm³/mol. The van der Waals surface area contributed by atoms with Crippen molar-refractivity contribution in [1.82, 2.24) is 0 Å². The molecule has 0 heterocycles. The Labute approximate surface area is 178 Å². The molecule has 28 heavy (non-hydrogen) atoms. The molecule has 0 fully saturated rings. The summed E-state index contributed by atoms with van der Waals surface area (Å²) in [5, 5.41) is 9.73. The molecule has 0 amide bonds. The number of hydrogen-bond donors (Lipinski definition) is 1. The molecule has 0 saturated carbocycles. The smallest absolute Gasteiger partial charge is 0.119 e. The lowest BCUT2D eigenvalue weighted by atomic mass is 10.0. The quantitative estimate of drug-likeness (QED) is 0.255. The summed E-state index contributed by atoms with van der Waals surface area (Å²) in [6.45, 7) is 3.05. The monoisotopic (exact) mass is 444 g/mol. The van der Waals surface area contributed by atoms with E-state index < -0.39 is 0 Å². The highest BCUT2D eigenvalue weighted by molar-refractivity contribution is 9.10. The maximum atomic E-state index is 9.73. The van der Waals surface area contributed by atoms with Crippen molar-refractivity contribution < 1.29 is 9.84 Å². The van der Waals surface area contributed by atoms with Gasteiger partial charge in [-0.3, -0.25) is 0 Å². The molecular formula is C25H33BrO2. The lowest BCUT2D eigenvalue weighted by Gasteiger charge is -2.08. The summed E-state index contributed by atoms with van der Waals surface area (Å²) in [7, 11) is 0. The van der Waals surface area contributed by atoms with Crippen molar-refractivity contribution in [3.05, 3.63) is 64.1 Å². The SMILES string of the molecule is CCCCCCCCCCOc1ccc(C=C(CO)c2cccc(Br)c2)cc1. The number of benzene rings is 2. The zero-order valence-electron chi connectivity index (χ0n) is 17.0. The van der Waals surface area contributed by atoms with Crippen LogP contribution in [-0.4, -0.2) is 18.3 Å². The van der Waals surface area contributed by atoms with Gasteiger partial charge < -0.3 is 9.84 Å². The van der Waals surface area contributed by atoms with Gasteiger partial charge in [-0.15, -0.1) is 0 Å². The van der Waals surface area contributed by atoms with E-state index in [4.69, 9.17) is 4.74 Å². The van der Waals surface area contributed by atoms with Crippen molar-refractivity contribution in [2.24, 2.45) is 0 Å². The third-order valence-corrected chi connectivity index (χ3v) is 5.35. The Balaban J connectivity index is 1.75. The molecule has 0 aliphatic carbocycles. The average molecular weight is 445 g/mol. The van der Waals surface area contributed by atoms with Crippen LogP contribution in [0.4, 0.5) is 0 Å². The molecule has 1 N–H and O–H groups in total. The van der Waals surface area contributed by atoms with Crippen LogP contribution >= 0.6 is 15.9 Å². The number of hydrogen-bond acceptors (Lipinski definition) is 2. The van der Waals surface area contributed by atoms with Crippen molar-refractivity contribution in [3.63, 3.8) is 0 Å². The molecule has 2 nitrogen and oxygen atoms in total. The van der Waals surface area contributed by atoms with Gasteiger partial charge in [-0.25, -0.2) is 0 Å². The average Bonchev–Trinajstić information content (AvgIpc) is 2.72. The van der Waals surface area contributed by atoms with Crippen molar-refractivity contribution >= 4 is 27.6 Å². The number of unbranched alkanes of at least 4 members (excludes halogenated alkanes) is 7. The first kappa shape index (κ1) is 22.7. The van der Waals surface area contributed by atoms with Gasteiger partial charge in [0.1, 0.15) is 5.75 Å². The van der Waals surface area contributed by atoms with Crippen LogP contribution in [0.25, 0.3) is 11.6 Å². The summed E-state index contributed by atoms with van der Waals surface area (Å²) in [6.07, 6.45) is 12.5. The molecule has 3 heteroatoms. The highest BCUT2D eigenvalue weighted by Gasteiger charge is 2.02. The Morgan fingerprint density at radius 2 is 1.61 bits per heavy atom. The molecule has 0 saturated heterocycles. The van der Waals surface area contributed by atoms with Crippen LogP contribution in [0, 0.1) is 0 Å². The van der Waals surface area contributed by atoms with Gasteiger partial charge in [0.25, 0.3) is 0 Å². The van der Waals surface area contributed by atoms with Crippen LogP contribution in [-0.2, 0) is 0 Å². The van der Waals surface area contributed by atoms with Gasteiger partial charge >= 0.3 is 0 Å². The summed E-state index contributed by atoms with van der Waals surface area (Å²) in [6, 6.07) is 16.1. The van der Waals surface area contributed by atoms with E-state index in [1.54, 1.807) is 0 Å². The van der Waals surface area contributed by atoms with Gasteiger partial charge in [0.2, 0.25) is 0 Å². The number of ether oxygens (including phenoxy) is 1. The standard InChI is InChI=1S/C25H33BrO2/c1-2-3-4-5-6-7-8-9-17-28-25-15-13-21(14-16-25)18-23(20-27)22-11-10-12-24(26)19-22/h10-16,18-19,27H,2-9,17,20H2,1H3. The summed E-state index contributed by atoms with van der Waals surface area (Å²) >= 11 is 3.48. The second kappa shape index (κ2) is 13.6. The second-order valence-corrected chi connectivity index (χ2v) is 8.15. The molecule has 0 bridgehead atoms. The fraction of sp³-hybridized carbons (Fsp3) is 0.440. The highest BCUT2D eigenvalue weighted by Crippen LogP contribution is 2.22. The first-order valence-electron chi connectivity index (χ1n) is 10.5. The van der Waals surface area contributed by atoms with Crippen LogP contribution in [0.3, 0.4) is 0 Å². The highest BCUT2D eigenvalue weighted by atomic mass is 79.9. The topological polar surface area (TPSA) is 29.5 Å². The van der Waals surface area contributed by atoms with E-state index in [-0.39, 0.29) is 6.61 Å². The molecule has 0 atom stereocenters. The summed E-state index contributed by atoms with van der Waals surface area (Å²) in [4.78, 5) is 0. The van der Waals surface area contributed by atoms with Crippen molar-refractivity contribution in [3.8, 4) is 5.75 Å². The van der Waals surface area contributed by atoms with Crippen LogP contribution in [0.5, 0.6) is 5.75 Å². The van der Waals surface area contributed by atoms with E-state index in [1.807, 2.05) is 54.6 Å². The molecule has 152 valence electrons. The Kier molecular flexibility index (Phi) is 11.0. The first-order valence-corrected chi connectivity index (χ1v) is 11.3. The van der Waals surface area contributed by atoms with Crippen LogP contribution < -0.4 is 4.74 Å². The minimum Gasteiger partial charge on any atom is -0.494 e. The second-order valence-electron chi connectivity index (χ2n) is 7.23. The van der Waals surface area contributed by atoms with Crippen molar-refractivity contribution in [2.75, 3.05) is 13.2 Å². The Morgan fingerprint density at radius 1 is 0.929 bits per heavy atom. The van der Waals surface area contributed by atoms with Crippen molar-refractivity contribution in [2.45, 2.75) is 58.3 Å². The third kappa shape index (κ3) is 8.62. The van der Waals surface area contributed by atoms with Crippen LogP contribution in [0.1, 0.15) is 69.4 Å². The summed E-state index contributed by atoms with van der Waals surface area (Å²) in [5.74, 6) is 0.910. The van der Waals surface area contributed by atoms with E-state index in [0.717, 1.165) is 39.9 Å². The van der Waals surface area contributed by atoms with Gasteiger partial charge in [0.05, 0.1) is 13.2 Å². The van der Waals surface area contributed by atoms with Gasteiger partial charge in [0, 0.05) is 4.47 Å². The van der Waals surface area contributed by atoms with Crippen LogP contribution in [0.2, 0.25) is 0 Å². The minimum atomic E-state index is 0.00709. The fourth-order valence-electron chi connectivity index (χ4n) is 3.20. The normalized spacial score (nSPS) is 11.6. The molecule has 0 spiro atoms. The number of aliphatic hydroxyl groups is 1. The lowest BCUT2D eigenvalue weighted by Crippen LogP contribution is -1.97. The molecular weight excluding hydrogens is 412 g/mol. The third-order valence-electron chi connectivity index (χ3n) is 4.85. The van der Waals surface area contributed by atoms with Gasteiger partial charge in [-0.05, 0) is 53.5 Å². The van der Waals surface area contributed by atoms with Gasteiger partial charge in [-0.1, -0.05) is 92.1 Å². The summed E-state index contributed by atoms with van der Waals surface area (Å²) < 4.78 is 6.87. The first-order chi connectivity index (χ1) is 13.7. The molecule has 0 aliphatic rings. The van der Waals surface area contributed by atoms with Gasteiger partial charge in [0.15, 0.2) is 0 Å². The Hall–Kier alpha value is -1.58. The van der Waals surface area contributed by atoms with Gasteiger partial charge in [-0.2, -0.15) is 0 Å². The molecule has 0 unspecified atom stereocenters. The maximum Gasteiger partial charge on any atom is 0.119 e. The predicted octanol–water partition coefficient (Wildman–Crippen LogP) is 7.50. The molecule has 0 aromatic heterocycles. The van der Waals surface area contributed by atoms with E-state index in [1.165, 1.54) is 44.9 Å². The maximum absolute atomic E-state index is 9.73. The van der Waals surface area contributed by atoms with E-state index in [9.17, 15) is 5.11 Å². The Bertz CT molecular complexity index is 707. The Morgan fingerprint density at radius 3 is 2.25 bits per heavy atom. The zero-order valence-corrected chi connectivity index (χ0v) is 18.6. The van der Waals surface area contributed by atoms with Crippen LogP contribution in [0.15, 0.2) is 53.0 Å². The minimum absolute atomic E-state index is 0.00709. The fourth-order valence-corrected chi connectivity index (χ4v) is 3.60. The number of halogens is 1. The zero-order chi connectivity index (χ0) is 20.0. The van der Waals surface area contributed by atoms with E-state index >= 15 is 0 Å². The summed E-state index contributed by atoms with van der Waals surface area (Å²) in [5.41, 5.74) is 2.98. The molecule has 2 aromatic carbocycles. The number of rotatable bonds is 13. The van der Waals surface area contributed by atoms with Crippen molar-refractivity contribution in [1.29, 1.82) is 0 Å². The molecule has 0 radical (unpaired) electrons. The van der Waals surface area contributed by atoms with E-state index in [2.05, 4.69) is 22.9 Å². The largest absolute Gasteiger partial charge is 0.494 e. The number of aliphatic hydroxyl groups excluding tert-OH is 1. The lowest BCUT2D eigenvalue weighted by molar-refractivity contribution is 0.304.